The van der Waals surface area contributed by atoms with Gasteiger partial charge in [-0.3, -0.25) is 14.5 Å². The van der Waals surface area contributed by atoms with Crippen LogP contribution in [0.3, 0.4) is 0 Å². The summed E-state index contributed by atoms with van der Waals surface area (Å²) in [6, 6.07) is 13.5. The van der Waals surface area contributed by atoms with Crippen molar-refractivity contribution in [1.29, 1.82) is 0 Å². The van der Waals surface area contributed by atoms with Crippen molar-refractivity contribution in [2.75, 3.05) is 0 Å². The van der Waals surface area contributed by atoms with Crippen LogP contribution in [0.4, 0.5) is 0 Å². The molecular formula is C28H25ClN4O2S. The SMILES string of the molecule is Cc1cc2nc(-c3ccnc(-c4cnn(C(C)(C)C)c4)c3)sc2c(-c2ccc(Cl)cc2)c1CC(=O)O. The van der Waals surface area contributed by atoms with Crippen LogP contribution in [0.1, 0.15) is 31.9 Å². The number of fused-ring (bicyclic) bond motifs is 1. The molecule has 0 saturated heterocycles. The first-order valence-electron chi connectivity index (χ1n) is 11.5. The smallest absolute Gasteiger partial charge is 0.307 e. The Hall–Kier alpha value is -3.55. The van der Waals surface area contributed by atoms with E-state index in [2.05, 4.69) is 30.9 Å². The molecule has 36 heavy (non-hydrogen) atoms. The van der Waals surface area contributed by atoms with Crippen molar-refractivity contribution in [3.05, 3.63) is 77.2 Å². The van der Waals surface area contributed by atoms with Gasteiger partial charge in [0.25, 0.3) is 0 Å². The van der Waals surface area contributed by atoms with E-state index < -0.39 is 5.97 Å². The molecule has 0 aliphatic heterocycles. The van der Waals surface area contributed by atoms with Gasteiger partial charge in [0, 0.05) is 34.1 Å². The van der Waals surface area contributed by atoms with Gasteiger partial charge in [0.15, 0.2) is 0 Å². The average molecular weight is 517 g/mol. The van der Waals surface area contributed by atoms with E-state index >= 15 is 0 Å². The summed E-state index contributed by atoms with van der Waals surface area (Å²) in [7, 11) is 0. The molecule has 0 saturated carbocycles. The molecule has 3 aromatic heterocycles. The number of hydrogen-bond acceptors (Lipinski definition) is 5. The van der Waals surface area contributed by atoms with Crippen molar-refractivity contribution in [2.24, 2.45) is 0 Å². The first-order valence-corrected chi connectivity index (χ1v) is 12.7. The van der Waals surface area contributed by atoms with Gasteiger partial charge in [0.05, 0.1) is 34.1 Å². The molecule has 0 radical (unpaired) electrons. The lowest BCUT2D eigenvalue weighted by molar-refractivity contribution is -0.136. The monoisotopic (exact) mass is 516 g/mol. The molecule has 6 nitrogen and oxygen atoms in total. The quantitative estimate of drug-likeness (QED) is 0.266. The Kier molecular flexibility index (Phi) is 6.14. The van der Waals surface area contributed by atoms with Gasteiger partial charge in [0.1, 0.15) is 5.01 Å². The number of benzene rings is 2. The first-order chi connectivity index (χ1) is 17.1. The van der Waals surface area contributed by atoms with E-state index in [0.717, 1.165) is 54.3 Å². The van der Waals surface area contributed by atoms with Crippen molar-refractivity contribution < 1.29 is 9.90 Å². The van der Waals surface area contributed by atoms with Crippen LogP contribution in [0.15, 0.2) is 61.1 Å². The Morgan fingerprint density at radius 3 is 2.50 bits per heavy atom. The molecule has 0 spiro atoms. The van der Waals surface area contributed by atoms with E-state index in [9.17, 15) is 9.90 Å². The third-order valence-electron chi connectivity index (χ3n) is 6.04. The van der Waals surface area contributed by atoms with Crippen LogP contribution >= 0.6 is 22.9 Å². The summed E-state index contributed by atoms with van der Waals surface area (Å²) in [4.78, 5) is 21.2. The maximum Gasteiger partial charge on any atom is 0.307 e. The van der Waals surface area contributed by atoms with E-state index in [1.807, 2.05) is 66.5 Å². The van der Waals surface area contributed by atoms with E-state index in [1.54, 1.807) is 17.5 Å². The Bertz CT molecular complexity index is 1600. The van der Waals surface area contributed by atoms with E-state index in [-0.39, 0.29) is 12.0 Å². The van der Waals surface area contributed by atoms with Gasteiger partial charge in [-0.25, -0.2) is 4.98 Å². The van der Waals surface area contributed by atoms with Gasteiger partial charge < -0.3 is 5.11 Å². The third kappa shape index (κ3) is 4.64. The summed E-state index contributed by atoms with van der Waals surface area (Å²) < 4.78 is 2.88. The highest BCUT2D eigenvalue weighted by Crippen LogP contribution is 2.41. The largest absolute Gasteiger partial charge is 0.481 e. The van der Waals surface area contributed by atoms with Crippen molar-refractivity contribution in [2.45, 2.75) is 39.7 Å². The molecule has 0 fully saturated rings. The molecule has 0 amide bonds. The molecule has 0 aliphatic rings. The molecule has 5 aromatic rings. The van der Waals surface area contributed by atoms with Crippen LogP contribution in [0, 0.1) is 6.92 Å². The Balaban J connectivity index is 1.65. The second-order valence-corrected chi connectivity index (χ2v) is 11.2. The standard InChI is InChI=1S/C28H25ClN4O2S/c1-16-11-23-26(25(21(16)13-24(34)35)17-5-7-20(29)8-6-17)36-27(32-23)18-9-10-30-22(12-18)19-14-31-33(15-19)28(2,3)4/h5-12,14-15H,13H2,1-4H3,(H,34,35). The van der Waals surface area contributed by atoms with Crippen LogP contribution in [0.5, 0.6) is 0 Å². The summed E-state index contributed by atoms with van der Waals surface area (Å²) in [6.45, 7) is 8.25. The van der Waals surface area contributed by atoms with E-state index in [4.69, 9.17) is 16.6 Å². The van der Waals surface area contributed by atoms with Crippen LogP contribution in [0.25, 0.3) is 43.2 Å². The number of aliphatic carboxylic acids is 1. The van der Waals surface area contributed by atoms with Crippen molar-refractivity contribution in [3.63, 3.8) is 0 Å². The highest BCUT2D eigenvalue weighted by Gasteiger charge is 2.20. The van der Waals surface area contributed by atoms with Gasteiger partial charge in [-0.1, -0.05) is 23.7 Å². The number of aryl methyl sites for hydroxylation is 1. The molecule has 1 N–H and O–H groups in total. The lowest BCUT2D eigenvalue weighted by atomic mass is 9.93. The van der Waals surface area contributed by atoms with Crippen LogP contribution in [-0.4, -0.2) is 30.8 Å². The molecule has 3 heterocycles. The number of carboxylic acid groups (broad SMARTS) is 1. The maximum atomic E-state index is 11.7. The fraction of sp³-hybridized carbons (Fsp3) is 0.214. The molecule has 5 rings (SSSR count). The van der Waals surface area contributed by atoms with E-state index in [1.165, 1.54) is 0 Å². The van der Waals surface area contributed by atoms with Gasteiger partial charge in [-0.15, -0.1) is 11.3 Å². The fourth-order valence-electron chi connectivity index (χ4n) is 4.20. The van der Waals surface area contributed by atoms with Crippen LogP contribution < -0.4 is 0 Å². The van der Waals surface area contributed by atoms with Crippen LogP contribution in [0.2, 0.25) is 5.02 Å². The number of halogens is 1. The maximum absolute atomic E-state index is 11.7. The number of rotatable bonds is 5. The molecule has 2 aromatic carbocycles. The minimum Gasteiger partial charge on any atom is -0.481 e. The lowest BCUT2D eigenvalue weighted by Gasteiger charge is -2.18. The second-order valence-electron chi connectivity index (χ2n) is 9.77. The highest BCUT2D eigenvalue weighted by molar-refractivity contribution is 7.22. The van der Waals surface area contributed by atoms with Crippen molar-refractivity contribution in [1.82, 2.24) is 19.7 Å². The predicted molar refractivity (Wildman–Crippen MR) is 146 cm³/mol. The number of thiazole rings is 1. The zero-order chi connectivity index (χ0) is 25.6. The van der Waals surface area contributed by atoms with E-state index in [0.29, 0.717) is 5.02 Å². The summed E-state index contributed by atoms with van der Waals surface area (Å²) in [5.41, 5.74) is 6.94. The highest BCUT2D eigenvalue weighted by atomic mass is 35.5. The van der Waals surface area contributed by atoms with Crippen molar-refractivity contribution >= 4 is 39.1 Å². The van der Waals surface area contributed by atoms with Crippen LogP contribution in [-0.2, 0) is 16.8 Å². The van der Waals surface area contributed by atoms with Gasteiger partial charge in [0.2, 0.25) is 0 Å². The number of nitrogens with zero attached hydrogens (tertiary/aromatic N) is 4. The first kappa shape index (κ1) is 24.2. The number of aromatic nitrogens is 4. The number of hydrogen-bond donors (Lipinski definition) is 1. The zero-order valence-corrected chi connectivity index (χ0v) is 22.0. The molecule has 182 valence electrons. The van der Waals surface area contributed by atoms with Gasteiger partial charge in [-0.05, 0) is 74.7 Å². The topological polar surface area (TPSA) is 80.9 Å². The number of carboxylic acids is 1. The van der Waals surface area contributed by atoms with Crippen molar-refractivity contribution in [3.8, 4) is 33.0 Å². The molecule has 8 heteroatoms. The predicted octanol–water partition coefficient (Wildman–Crippen LogP) is 7.23. The Morgan fingerprint density at radius 1 is 1.08 bits per heavy atom. The van der Waals surface area contributed by atoms with Gasteiger partial charge in [-0.2, -0.15) is 5.10 Å². The summed E-state index contributed by atoms with van der Waals surface area (Å²) >= 11 is 7.69. The minimum absolute atomic E-state index is 0.0653. The minimum atomic E-state index is -0.869. The molecular weight excluding hydrogens is 492 g/mol. The summed E-state index contributed by atoms with van der Waals surface area (Å²) in [6.07, 6.45) is 5.55. The molecule has 0 aliphatic carbocycles. The molecule has 0 unspecified atom stereocenters. The number of pyridine rings is 1. The Labute approximate surface area is 218 Å². The summed E-state index contributed by atoms with van der Waals surface area (Å²) in [5.74, 6) is -0.869. The number of carbonyl (C=O) groups is 1. The normalized spacial score (nSPS) is 11.8. The fourth-order valence-corrected chi connectivity index (χ4v) is 5.46. The lowest BCUT2D eigenvalue weighted by Crippen LogP contribution is -2.21. The second kappa shape index (κ2) is 9.15. The van der Waals surface area contributed by atoms with Gasteiger partial charge >= 0.3 is 5.97 Å². The third-order valence-corrected chi connectivity index (χ3v) is 7.43. The average Bonchev–Trinajstić information content (AvgIpc) is 3.48. The molecule has 0 atom stereocenters. The zero-order valence-electron chi connectivity index (χ0n) is 20.4. The summed E-state index contributed by atoms with van der Waals surface area (Å²) in [5, 5.41) is 15.6. The Morgan fingerprint density at radius 2 is 1.83 bits per heavy atom. The molecule has 0 bridgehead atoms.